The molecule has 11 nitrogen and oxygen atoms in total. The van der Waals surface area contributed by atoms with Gasteiger partial charge in [-0.25, -0.2) is 9.46 Å². The predicted molar refractivity (Wildman–Crippen MR) is 120 cm³/mol. The van der Waals surface area contributed by atoms with Crippen molar-refractivity contribution in [3.8, 4) is 6.07 Å². The number of fused-ring (bicyclic) bond motifs is 1. The molecule has 0 aliphatic carbocycles. The van der Waals surface area contributed by atoms with Gasteiger partial charge >= 0.3 is 5.69 Å². The van der Waals surface area contributed by atoms with Crippen LogP contribution in [0.3, 0.4) is 0 Å². The first kappa shape index (κ1) is 26.0. The monoisotopic (exact) mass is 484 g/mol. The predicted octanol–water partition coefficient (Wildman–Crippen LogP) is 2.25. The maximum Gasteiger partial charge on any atom is 0.330 e. The Kier molecular flexibility index (Phi) is 8.45. The quantitative estimate of drug-likeness (QED) is 0.393. The summed E-state index contributed by atoms with van der Waals surface area (Å²) in [6.07, 6.45) is -0.712. The summed E-state index contributed by atoms with van der Waals surface area (Å²) in [6, 6.07) is 3.66. The van der Waals surface area contributed by atoms with Crippen LogP contribution >= 0.6 is 8.53 Å². The zero-order chi connectivity index (χ0) is 24.3. The first-order chi connectivity index (χ1) is 15.5. The molecule has 2 saturated heterocycles. The van der Waals surface area contributed by atoms with Crippen LogP contribution in [0.15, 0.2) is 21.9 Å². The molecular formula is C21H33N4O7P. The van der Waals surface area contributed by atoms with Gasteiger partial charge in [-0.05, 0) is 41.5 Å². The molecule has 184 valence electrons. The molecule has 0 bridgehead atoms. The maximum absolute atomic E-state index is 12.4. The highest BCUT2D eigenvalue weighted by Crippen LogP contribution is 2.48. The van der Waals surface area contributed by atoms with E-state index in [1.165, 1.54) is 16.8 Å². The molecule has 3 rings (SSSR count). The molecule has 12 heteroatoms. The van der Waals surface area contributed by atoms with Gasteiger partial charge in [0.25, 0.3) is 14.1 Å². The smallest absolute Gasteiger partial charge is 0.330 e. The molecule has 33 heavy (non-hydrogen) atoms. The van der Waals surface area contributed by atoms with E-state index in [0.29, 0.717) is 0 Å². The Balaban J connectivity index is 1.79. The lowest BCUT2D eigenvalue weighted by atomic mass is 10.1. The Morgan fingerprint density at radius 2 is 1.88 bits per heavy atom. The molecule has 3 heterocycles. The second kappa shape index (κ2) is 10.7. The number of aromatic amines is 1. The summed E-state index contributed by atoms with van der Waals surface area (Å²) in [5, 5.41) is 8.89. The van der Waals surface area contributed by atoms with E-state index in [-0.39, 0.29) is 31.7 Å². The van der Waals surface area contributed by atoms with Crippen LogP contribution < -0.4 is 11.2 Å². The van der Waals surface area contributed by atoms with Gasteiger partial charge in [0.1, 0.15) is 18.3 Å². The van der Waals surface area contributed by atoms with Gasteiger partial charge in [-0.1, -0.05) is 0 Å². The van der Waals surface area contributed by atoms with Crippen LogP contribution in [0.5, 0.6) is 0 Å². The second-order valence-corrected chi connectivity index (χ2v) is 10.4. The molecule has 0 saturated carbocycles. The van der Waals surface area contributed by atoms with Gasteiger partial charge in [0, 0.05) is 24.3 Å². The summed E-state index contributed by atoms with van der Waals surface area (Å²) in [6.45, 7) is 12.2. The molecule has 5 atom stereocenters. The highest BCUT2D eigenvalue weighted by atomic mass is 31.2. The normalized spacial score (nSPS) is 27.3. The van der Waals surface area contributed by atoms with Crippen molar-refractivity contribution in [3.05, 3.63) is 33.1 Å². The summed E-state index contributed by atoms with van der Waals surface area (Å²) in [5.41, 5.74) is -1.08. The number of nitrogens with one attached hydrogen (secondary N) is 1. The lowest BCUT2D eigenvalue weighted by Crippen LogP contribution is -2.37. The largest absolute Gasteiger partial charge is 0.346 e. The molecule has 1 N–H and O–H groups in total. The Morgan fingerprint density at radius 3 is 2.48 bits per heavy atom. The van der Waals surface area contributed by atoms with Crippen LogP contribution in [0.1, 0.15) is 54.2 Å². The molecule has 2 fully saturated rings. The SMILES string of the molecule is CC(C)N(C(C)C)P(OCCC#N)OC[C@H]1O[C@@H](n2ccc(=O)[nH]c2=O)[C@H]2OC(C)(C)OC12. The van der Waals surface area contributed by atoms with Crippen molar-refractivity contribution in [2.45, 2.75) is 90.4 Å². The second-order valence-electron chi connectivity index (χ2n) is 8.99. The standard InChI is InChI=1S/C21H33N4O7P/c1-13(2)25(14(3)4)33(28-11-7-9-22)29-12-15-17-18(32-21(5,6)31-17)19(30-15)24-10-8-16(26)23-20(24)27/h8,10,13-15,17-19H,7,11-12H2,1-6H3,(H,23,26,27)/t15-,17?,18+,19-,33?/m1/s1. The number of hydrogen-bond acceptors (Lipinski definition) is 9. The molecule has 2 unspecified atom stereocenters. The fourth-order valence-corrected chi connectivity index (χ4v) is 5.71. The minimum atomic E-state index is -1.46. The number of hydrogen-bond donors (Lipinski definition) is 1. The summed E-state index contributed by atoms with van der Waals surface area (Å²) in [4.78, 5) is 26.1. The minimum absolute atomic E-state index is 0.142. The van der Waals surface area contributed by atoms with Crippen molar-refractivity contribution >= 4 is 8.53 Å². The Hall–Kier alpha value is -1.64. The third-order valence-electron chi connectivity index (χ3n) is 5.26. The highest BCUT2D eigenvalue weighted by molar-refractivity contribution is 7.44. The van der Waals surface area contributed by atoms with Gasteiger partial charge in [-0.3, -0.25) is 14.3 Å². The molecule has 0 aromatic carbocycles. The molecule has 2 aliphatic rings. The third kappa shape index (κ3) is 6.08. The number of rotatable bonds is 10. The van der Waals surface area contributed by atoms with Crippen LogP contribution in [0.4, 0.5) is 0 Å². The van der Waals surface area contributed by atoms with Crippen LogP contribution in [0, 0.1) is 11.3 Å². The van der Waals surface area contributed by atoms with Crippen molar-refractivity contribution in [3.63, 3.8) is 0 Å². The fourth-order valence-electron chi connectivity index (χ4n) is 4.10. The van der Waals surface area contributed by atoms with Gasteiger partial charge in [0.05, 0.1) is 25.7 Å². The van der Waals surface area contributed by atoms with Crippen LogP contribution in [-0.2, 0) is 23.3 Å². The topological polar surface area (TPSA) is 128 Å². The first-order valence-corrected chi connectivity index (χ1v) is 12.2. The lowest BCUT2D eigenvalue weighted by molar-refractivity contribution is -0.200. The van der Waals surface area contributed by atoms with E-state index in [0.717, 1.165) is 0 Å². The number of ether oxygens (including phenoxy) is 3. The van der Waals surface area contributed by atoms with Gasteiger partial charge in [-0.2, -0.15) is 5.26 Å². The van der Waals surface area contributed by atoms with Crippen molar-refractivity contribution in [2.75, 3.05) is 13.2 Å². The first-order valence-electron chi connectivity index (χ1n) is 11.1. The van der Waals surface area contributed by atoms with Crippen molar-refractivity contribution < 1.29 is 23.3 Å². The van der Waals surface area contributed by atoms with Crippen molar-refractivity contribution in [1.29, 1.82) is 5.26 Å². The summed E-state index contributed by atoms with van der Waals surface area (Å²) < 4.78 is 33.9. The van der Waals surface area contributed by atoms with Gasteiger partial charge in [0.2, 0.25) is 0 Å². The molecule has 0 radical (unpaired) electrons. The van der Waals surface area contributed by atoms with E-state index >= 15 is 0 Å². The van der Waals surface area contributed by atoms with Crippen molar-refractivity contribution in [2.24, 2.45) is 0 Å². The third-order valence-corrected chi connectivity index (χ3v) is 7.34. The van der Waals surface area contributed by atoms with E-state index in [1.54, 1.807) is 13.8 Å². The average Bonchev–Trinajstić information content (AvgIpc) is 3.19. The van der Waals surface area contributed by atoms with E-state index in [4.69, 9.17) is 28.5 Å². The number of aromatic nitrogens is 2. The van der Waals surface area contributed by atoms with Crippen LogP contribution in [0.2, 0.25) is 0 Å². The summed E-state index contributed by atoms with van der Waals surface area (Å²) in [7, 11) is -1.46. The molecule has 1 aromatic heterocycles. The molecule has 1 aromatic rings. The van der Waals surface area contributed by atoms with E-state index in [9.17, 15) is 9.59 Å². The van der Waals surface area contributed by atoms with Gasteiger partial charge in [0.15, 0.2) is 12.0 Å². The number of nitrogens with zero attached hydrogens (tertiary/aromatic N) is 3. The minimum Gasteiger partial charge on any atom is -0.346 e. The summed E-state index contributed by atoms with van der Waals surface area (Å²) >= 11 is 0. The molecule has 2 aliphatic heterocycles. The lowest BCUT2D eigenvalue weighted by Gasteiger charge is -2.36. The Labute approximate surface area is 194 Å². The van der Waals surface area contributed by atoms with E-state index in [1.807, 2.05) is 0 Å². The Bertz CT molecular complexity index is 949. The van der Waals surface area contributed by atoms with Gasteiger partial charge < -0.3 is 23.3 Å². The van der Waals surface area contributed by atoms with E-state index < -0.39 is 50.1 Å². The molecule has 0 spiro atoms. The highest BCUT2D eigenvalue weighted by Gasteiger charge is 2.56. The Morgan fingerprint density at radius 1 is 1.21 bits per heavy atom. The van der Waals surface area contributed by atoms with Crippen molar-refractivity contribution in [1.82, 2.24) is 14.2 Å². The van der Waals surface area contributed by atoms with E-state index in [2.05, 4.69) is 43.4 Å². The zero-order valence-corrected chi connectivity index (χ0v) is 20.8. The average molecular weight is 484 g/mol. The summed E-state index contributed by atoms with van der Waals surface area (Å²) in [5.74, 6) is -0.864. The fraction of sp³-hybridized carbons (Fsp3) is 0.762. The maximum atomic E-state index is 12.4. The van der Waals surface area contributed by atoms with Crippen LogP contribution in [-0.4, -0.2) is 63.6 Å². The van der Waals surface area contributed by atoms with Gasteiger partial charge in [-0.15, -0.1) is 0 Å². The number of nitriles is 1. The van der Waals surface area contributed by atoms with Crippen LogP contribution in [0.25, 0.3) is 0 Å². The molecule has 0 amide bonds. The number of H-pyrrole nitrogens is 1. The zero-order valence-electron chi connectivity index (χ0n) is 19.9. The molecular weight excluding hydrogens is 451 g/mol.